The van der Waals surface area contributed by atoms with Gasteiger partial charge in [0.1, 0.15) is 42.2 Å². The zero-order chi connectivity index (χ0) is 33.2. The number of aliphatic hydroxyl groups is 7. The number of rotatable bonds is 5. The average Bonchev–Trinajstić information content (AvgIpc) is 3.76. The lowest BCUT2D eigenvalue weighted by atomic mass is 9.42. The predicted octanol–water partition coefficient (Wildman–Crippen LogP) is 0.162. The number of carbonyl (C=O) groups is 1. The van der Waals surface area contributed by atoms with Crippen molar-refractivity contribution >= 4 is 5.97 Å². The van der Waals surface area contributed by atoms with Gasteiger partial charge in [0.25, 0.3) is 0 Å². The molecular weight excluding hydrogens is 600 g/mol. The molecule has 0 aromatic rings. The van der Waals surface area contributed by atoms with Crippen molar-refractivity contribution in [3.8, 4) is 0 Å². The lowest BCUT2D eigenvalue weighted by molar-refractivity contribution is -0.329. The topological polar surface area (TPSA) is 199 Å². The number of carbonyl (C=O) groups excluding carboxylic acids is 1. The van der Waals surface area contributed by atoms with Crippen molar-refractivity contribution in [3.63, 3.8) is 0 Å². The minimum absolute atomic E-state index is 0.0243. The maximum atomic E-state index is 12.6. The van der Waals surface area contributed by atoms with Crippen molar-refractivity contribution in [2.75, 3.05) is 6.61 Å². The monoisotopic (exact) mass is 652 g/mol. The summed E-state index contributed by atoms with van der Waals surface area (Å²) in [5, 5.41) is 76.5. The van der Waals surface area contributed by atoms with Crippen LogP contribution < -0.4 is 0 Å². The third-order valence-electron chi connectivity index (χ3n) is 14.3. The number of aliphatic hydroxyl groups excluding tert-OH is 6. The molecule has 0 radical (unpaired) electrons. The molecular formula is C34H52O12. The SMILES string of the molecule is CC1=C(C)C(=O)O[C@@H]([C@H](C)[C@@H]2[C@H](O)C[C@H]3[C@H]4[C@H]5O[C@H]5[C@@]5(O)C[C@@H](O[C@H]6O[C@@H](CO)[C@@H](O)[C@@H](O)[C@H]6O)C[C@@H](O)[C@]5(C)[C@@H]4CC[C@]23C)C1. The maximum Gasteiger partial charge on any atom is 0.333 e. The Kier molecular flexibility index (Phi) is 8.08. The summed E-state index contributed by atoms with van der Waals surface area (Å²) in [7, 11) is 0. The van der Waals surface area contributed by atoms with E-state index in [2.05, 4.69) is 13.8 Å². The van der Waals surface area contributed by atoms with Gasteiger partial charge in [-0.2, -0.15) is 0 Å². The van der Waals surface area contributed by atoms with E-state index in [9.17, 15) is 40.5 Å². The lowest BCUT2D eigenvalue weighted by Crippen LogP contribution is -2.71. The number of esters is 1. The minimum atomic E-state index is -1.59. The first-order chi connectivity index (χ1) is 21.6. The molecule has 7 aliphatic rings. The van der Waals surface area contributed by atoms with E-state index >= 15 is 0 Å². The van der Waals surface area contributed by atoms with Crippen LogP contribution in [0, 0.1) is 40.4 Å². The first-order valence-electron chi connectivity index (χ1n) is 17.2. The molecule has 0 bridgehead atoms. The van der Waals surface area contributed by atoms with E-state index in [0.717, 1.165) is 18.4 Å². The molecule has 0 spiro atoms. The van der Waals surface area contributed by atoms with E-state index in [1.165, 1.54) is 0 Å². The highest BCUT2D eigenvalue weighted by atomic mass is 16.7. The van der Waals surface area contributed by atoms with Crippen molar-refractivity contribution in [2.24, 2.45) is 40.4 Å². The van der Waals surface area contributed by atoms with E-state index in [0.29, 0.717) is 18.4 Å². The Bertz CT molecular complexity index is 1260. The molecule has 4 saturated carbocycles. The van der Waals surface area contributed by atoms with E-state index in [1.54, 1.807) is 6.92 Å². The van der Waals surface area contributed by atoms with Crippen LogP contribution in [-0.4, -0.2) is 121 Å². The van der Waals surface area contributed by atoms with Crippen LogP contribution in [0.1, 0.15) is 73.1 Å². The summed E-state index contributed by atoms with van der Waals surface area (Å²) in [4.78, 5) is 12.6. The summed E-state index contributed by atoms with van der Waals surface area (Å²) in [6, 6.07) is 0. The molecule has 3 aliphatic heterocycles. The van der Waals surface area contributed by atoms with Gasteiger partial charge in [0.15, 0.2) is 6.29 Å². The van der Waals surface area contributed by atoms with Gasteiger partial charge in [-0.3, -0.25) is 0 Å². The summed E-state index contributed by atoms with van der Waals surface area (Å²) in [5.74, 6) is -0.382. The molecule has 260 valence electrons. The molecule has 0 aromatic heterocycles. The van der Waals surface area contributed by atoms with Gasteiger partial charge in [0, 0.05) is 30.3 Å². The molecule has 0 amide bonds. The highest BCUT2D eigenvalue weighted by Gasteiger charge is 2.79. The van der Waals surface area contributed by atoms with Crippen molar-refractivity contribution in [2.45, 2.75) is 146 Å². The third kappa shape index (κ3) is 4.51. The number of cyclic esters (lactones) is 1. The smallest absolute Gasteiger partial charge is 0.333 e. The number of fused-ring (bicyclic) bond motifs is 8. The van der Waals surface area contributed by atoms with Gasteiger partial charge in [0.2, 0.25) is 0 Å². The van der Waals surface area contributed by atoms with Crippen LogP contribution in [0.25, 0.3) is 0 Å². The second-order valence-electron chi connectivity index (χ2n) is 16.2. The fourth-order valence-corrected chi connectivity index (χ4v) is 11.5. The first kappa shape index (κ1) is 33.3. The van der Waals surface area contributed by atoms with Crippen LogP contribution in [0.3, 0.4) is 0 Å². The quantitative estimate of drug-likeness (QED) is 0.121. The highest BCUT2D eigenvalue weighted by molar-refractivity contribution is 5.89. The predicted molar refractivity (Wildman–Crippen MR) is 160 cm³/mol. The summed E-state index contributed by atoms with van der Waals surface area (Å²) in [6.07, 6.45) is -7.55. The van der Waals surface area contributed by atoms with Crippen molar-refractivity contribution in [1.82, 2.24) is 0 Å². The van der Waals surface area contributed by atoms with E-state index in [1.807, 2.05) is 13.8 Å². The summed E-state index contributed by atoms with van der Waals surface area (Å²) in [5.41, 5.74) is -0.927. The van der Waals surface area contributed by atoms with Gasteiger partial charge in [-0.05, 0) is 68.1 Å². The largest absolute Gasteiger partial charge is 0.458 e. The van der Waals surface area contributed by atoms with Gasteiger partial charge < -0.3 is 54.7 Å². The molecule has 0 unspecified atom stereocenters. The summed E-state index contributed by atoms with van der Waals surface area (Å²) < 4.78 is 23.8. The van der Waals surface area contributed by atoms with Gasteiger partial charge in [-0.25, -0.2) is 4.79 Å². The third-order valence-corrected chi connectivity index (χ3v) is 14.3. The number of hydrogen-bond donors (Lipinski definition) is 7. The van der Waals surface area contributed by atoms with Crippen LogP contribution in [0.5, 0.6) is 0 Å². The van der Waals surface area contributed by atoms with E-state index < -0.39 is 72.7 Å². The second-order valence-corrected chi connectivity index (χ2v) is 16.2. The molecule has 7 rings (SSSR count). The molecule has 7 N–H and O–H groups in total. The normalized spacial score (nSPS) is 57.1. The fraction of sp³-hybridized carbons (Fsp3) is 0.912. The molecule has 6 fully saturated rings. The first-order valence-corrected chi connectivity index (χ1v) is 17.2. The van der Waals surface area contributed by atoms with Crippen LogP contribution >= 0.6 is 0 Å². The Hall–Kier alpha value is -1.19. The van der Waals surface area contributed by atoms with Crippen LogP contribution in [-0.2, 0) is 23.7 Å². The highest BCUT2D eigenvalue weighted by Crippen LogP contribution is 2.73. The molecule has 12 nitrogen and oxygen atoms in total. The van der Waals surface area contributed by atoms with Crippen molar-refractivity contribution in [1.29, 1.82) is 0 Å². The average molecular weight is 653 g/mol. The van der Waals surface area contributed by atoms with E-state index in [-0.39, 0.29) is 66.0 Å². The Balaban J connectivity index is 1.11. The van der Waals surface area contributed by atoms with Crippen molar-refractivity contribution in [3.05, 3.63) is 11.1 Å². The molecule has 3 heterocycles. The van der Waals surface area contributed by atoms with Crippen molar-refractivity contribution < 1.29 is 59.5 Å². The van der Waals surface area contributed by atoms with Crippen LogP contribution in [0.2, 0.25) is 0 Å². The maximum absolute atomic E-state index is 12.6. The molecule has 2 saturated heterocycles. The number of hydrogen-bond acceptors (Lipinski definition) is 12. The Morgan fingerprint density at radius 3 is 2.39 bits per heavy atom. The number of epoxide rings is 1. The summed E-state index contributed by atoms with van der Waals surface area (Å²) >= 11 is 0. The lowest BCUT2D eigenvalue weighted by Gasteiger charge is -2.64. The van der Waals surface area contributed by atoms with Crippen LogP contribution in [0.4, 0.5) is 0 Å². The zero-order valence-corrected chi connectivity index (χ0v) is 27.4. The zero-order valence-electron chi connectivity index (χ0n) is 27.4. The van der Waals surface area contributed by atoms with Crippen LogP contribution in [0.15, 0.2) is 11.1 Å². The summed E-state index contributed by atoms with van der Waals surface area (Å²) in [6.45, 7) is 9.48. The molecule has 12 heteroatoms. The number of ether oxygens (including phenoxy) is 4. The Morgan fingerprint density at radius 1 is 1.00 bits per heavy atom. The second kappa shape index (κ2) is 11.2. The molecule has 0 aromatic carbocycles. The Morgan fingerprint density at radius 2 is 1.72 bits per heavy atom. The molecule has 46 heavy (non-hydrogen) atoms. The molecule has 19 atom stereocenters. The fourth-order valence-electron chi connectivity index (χ4n) is 11.5. The minimum Gasteiger partial charge on any atom is -0.458 e. The van der Waals surface area contributed by atoms with Gasteiger partial charge in [-0.15, -0.1) is 0 Å². The van der Waals surface area contributed by atoms with E-state index in [4.69, 9.17) is 18.9 Å². The van der Waals surface area contributed by atoms with Gasteiger partial charge in [0.05, 0.1) is 31.0 Å². The molecule has 4 aliphatic carbocycles. The Labute approximate surface area is 269 Å². The van der Waals surface area contributed by atoms with Gasteiger partial charge in [-0.1, -0.05) is 26.3 Å². The van der Waals surface area contributed by atoms with Gasteiger partial charge >= 0.3 is 5.97 Å². The standard InChI is InChI=1S/C34H52O12/c1-13-8-20(44-30(41)14(13)2)15(3)24-19(36)10-18-23-17(6-7-32(18,24)4)33(5)22(37)9-16(11-34(33,42)29-28(23)46-29)43-31-27(40)26(39)25(38)21(12-35)45-31/h15-29,31,35-40,42H,6-12H2,1-5H3/t15-,16-,17+,18-,19+,20+,21-,22+,23-,24+,25+,26+,27+,28+,29+,31-,32-,33-,34-/m0/s1.